The van der Waals surface area contributed by atoms with E-state index in [9.17, 15) is 4.79 Å². The van der Waals surface area contributed by atoms with Crippen LogP contribution in [0.1, 0.15) is 42.1 Å². The standard InChI is InChI=1S/C24H20BrClN2O2/c1-3-14(2)15-7-10-22-21(12-15)28-24(30-22)16-5-4-6-18(11-16)27-23(29)19-13-17(25)8-9-20(19)26/h4-14H,3H2,1-2H3,(H,27,29)/t14-/m1/s1. The average molecular weight is 484 g/mol. The van der Waals surface area contributed by atoms with Gasteiger partial charge >= 0.3 is 0 Å². The minimum atomic E-state index is -0.283. The SMILES string of the molecule is CC[C@@H](C)c1ccc2oc(-c3cccc(NC(=O)c4cc(Br)ccc4Cl)c3)nc2c1. The van der Waals surface area contributed by atoms with Crippen molar-refractivity contribution in [3.63, 3.8) is 0 Å². The van der Waals surface area contributed by atoms with Crippen molar-refractivity contribution >= 4 is 50.2 Å². The molecule has 0 saturated carbocycles. The number of hydrogen-bond acceptors (Lipinski definition) is 3. The predicted octanol–water partition coefficient (Wildman–Crippen LogP) is 7.68. The van der Waals surface area contributed by atoms with Gasteiger partial charge in [-0.05, 0) is 66.4 Å². The third kappa shape index (κ3) is 4.27. The number of nitrogens with zero attached hydrogens (tertiary/aromatic N) is 1. The van der Waals surface area contributed by atoms with Crippen molar-refractivity contribution in [1.82, 2.24) is 4.98 Å². The number of rotatable bonds is 5. The number of carbonyl (C=O) groups excluding carboxylic acids is 1. The topological polar surface area (TPSA) is 55.1 Å². The monoisotopic (exact) mass is 482 g/mol. The van der Waals surface area contributed by atoms with Gasteiger partial charge in [-0.15, -0.1) is 0 Å². The van der Waals surface area contributed by atoms with Gasteiger partial charge in [0, 0.05) is 15.7 Å². The second-order valence-electron chi connectivity index (χ2n) is 7.21. The van der Waals surface area contributed by atoms with Crippen LogP contribution in [0.4, 0.5) is 5.69 Å². The van der Waals surface area contributed by atoms with E-state index in [0.29, 0.717) is 28.1 Å². The van der Waals surface area contributed by atoms with Crippen molar-refractivity contribution in [3.8, 4) is 11.5 Å². The van der Waals surface area contributed by atoms with Crippen molar-refractivity contribution in [2.75, 3.05) is 5.32 Å². The van der Waals surface area contributed by atoms with Gasteiger partial charge in [-0.25, -0.2) is 4.98 Å². The quantitative estimate of drug-likeness (QED) is 0.317. The van der Waals surface area contributed by atoms with Crippen molar-refractivity contribution in [1.29, 1.82) is 0 Å². The third-order valence-corrected chi connectivity index (χ3v) is 5.96. The summed E-state index contributed by atoms with van der Waals surface area (Å²) in [6.45, 7) is 4.37. The highest BCUT2D eigenvalue weighted by atomic mass is 79.9. The van der Waals surface area contributed by atoms with E-state index in [1.807, 2.05) is 30.3 Å². The van der Waals surface area contributed by atoms with Gasteiger partial charge in [0.1, 0.15) is 5.52 Å². The number of anilines is 1. The molecule has 30 heavy (non-hydrogen) atoms. The zero-order chi connectivity index (χ0) is 21.3. The Morgan fingerprint density at radius 3 is 2.80 bits per heavy atom. The van der Waals surface area contributed by atoms with E-state index >= 15 is 0 Å². The summed E-state index contributed by atoms with van der Waals surface area (Å²) < 4.78 is 6.74. The van der Waals surface area contributed by atoms with Gasteiger partial charge in [-0.2, -0.15) is 0 Å². The molecule has 0 aliphatic heterocycles. The van der Waals surface area contributed by atoms with Crippen LogP contribution in [0.15, 0.2) is 69.6 Å². The van der Waals surface area contributed by atoms with E-state index in [0.717, 1.165) is 27.6 Å². The lowest BCUT2D eigenvalue weighted by molar-refractivity contribution is 0.102. The Hall–Kier alpha value is -2.63. The number of hydrogen-bond donors (Lipinski definition) is 1. The molecule has 1 atom stereocenters. The van der Waals surface area contributed by atoms with Gasteiger partial charge < -0.3 is 9.73 Å². The molecular formula is C24H20BrClN2O2. The molecule has 0 aliphatic carbocycles. The minimum absolute atomic E-state index is 0.283. The van der Waals surface area contributed by atoms with Crippen LogP contribution in [-0.2, 0) is 0 Å². The first-order valence-electron chi connectivity index (χ1n) is 9.72. The highest BCUT2D eigenvalue weighted by Crippen LogP contribution is 2.29. The number of fused-ring (bicyclic) bond motifs is 1. The molecule has 1 amide bonds. The van der Waals surface area contributed by atoms with E-state index in [2.05, 4.69) is 52.2 Å². The van der Waals surface area contributed by atoms with Gasteiger partial charge in [0.15, 0.2) is 5.58 Å². The number of amides is 1. The van der Waals surface area contributed by atoms with Gasteiger partial charge in [0.25, 0.3) is 5.91 Å². The van der Waals surface area contributed by atoms with E-state index in [1.54, 1.807) is 18.2 Å². The Balaban J connectivity index is 1.61. The fourth-order valence-electron chi connectivity index (χ4n) is 3.21. The molecule has 1 N–H and O–H groups in total. The maximum absolute atomic E-state index is 12.7. The molecule has 0 saturated heterocycles. The molecule has 0 spiro atoms. The summed E-state index contributed by atoms with van der Waals surface area (Å²) in [5.41, 5.74) is 4.64. The fourth-order valence-corrected chi connectivity index (χ4v) is 3.77. The van der Waals surface area contributed by atoms with Gasteiger partial charge in [-0.3, -0.25) is 4.79 Å². The summed E-state index contributed by atoms with van der Waals surface area (Å²) in [6.07, 6.45) is 1.07. The molecule has 0 unspecified atom stereocenters. The van der Waals surface area contributed by atoms with Crippen LogP contribution >= 0.6 is 27.5 Å². The second kappa shape index (κ2) is 8.62. The van der Waals surface area contributed by atoms with Crippen LogP contribution in [0.3, 0.4) is 0 Å². The Morgan fingerprint density at radius 2 is 2.00 bits per heavy atom. The molecule has 0 fully saturated rings. The fraction of sp³-hybridized carbons (Fsp3) is 0.167. The molecule has 3 aromatic carbocycles. The highest BCUT2D eigenvalue weighted by molar-refractivity contribution is 9.10. The van der Waals surface area contributed by atoms with E-state index in [-0.39, 0.29) is 5.91 Å². The lowest BCUT2D eigenvalue weighted by Crippen LogP contribution is -2.12. The third-order valence-electron chi connectivity index (χ3n) is 5.13. The van der Waals surface area contributed by atoms with Crippen LogP contribution in [-0.4, -0.2) is 10.9 Å². The molecule has 0 bridgehead atoms. The summed E-state index contributed by atoms with van der Waals surface area (Å²) in [7, 11) is 0. The number of nitrogens with one attached hydrogen (secondary N) is 1. The van der Waals surface area contributed by atoms with E-state index < -0.39 is 0 Å². The smallest absolute Gasteiger partial charge is 0.257 e. The second-order valence-corrected chi connectivity index (χ2v) is 8.54. The molecule has 0 aliphatic rings. The van der Waals surface area contributed by atoms with Gasteiger partial charge in [0.2, 0.25) is 5.89 Å². The minimum Gasteiger partial charge on any atom is -0.436 e. The molecule has 6 heteroatoms. The van der Waals surface area contributed by atoms with Crippen molar-refractivity contribution in [2.24, 2.45) is 0 Å². The molecule has 152 valence electrons. The number of oxazole rings is 1. The van der Waals surface area contributed by atoms with Crippen LogP contribution in [0, 0.1) is 0 Å². The molecule has 4 rings (SSSR count). The van der Waals surface area contributed by atoms with Crippen molar-refractivity contribution in [3.05, 3.63) is 81.3 Å². The first-order chi connectivity index (χ1) is 14.4. The summed E-state index contributed by atoms with van der Waals surface area (Å²) in [4.78, 5) is 17.3. The summed E-state index contributed by atoms with van der Waals surface area (Å²) in [5.74, 6) is 0.704. The number of halogens is 2. The van der Waals surface area contributed by atoms with Crippen molar-refractivity contribution in [2.45, 2.75) is 26.2 Å². The highest BCUT2D eigenvalue weighted by Gasteiger charge is 2.14. The molecule has 0 radical (unpaired) electrons. The van der Waals surface area contributed by atoms with Gasteiger partial charge in [-0.1, -0.05) is 53.5 Å². The number of benzene rings is 3. The molecular weight excluding hydrogens is 464 g/mol. The first-order valence-corrected chi connectivity index (χ1v) is 10.9. The Labute approximate surface area is 188 Å². The van der Waals surface area contributed by atoms with Crippen LogP contribution < -0.4 is 5.32 Å². The Bertz CT molecular complexity index is 1240. The Morgan fingerprint density at radius 1 is 1.17 bits per heavy atom. The Kier molecular flexibility index (Phi) is 5.93. The summed E-state index contributed by atoms with van der Waals surface area (Å²) in [6, 6.07) is 18.7. The first kappa shape index (κ1) is 20.6. The predicted molar refractivity (Wildman–Crippen MR) is 125 cm³/mol. The molecule has 4 aromatic rings. The van der Waals surface area contributed by atoms with Crippen molar-refractivity contribution < 1.29 is 9.21 Å². The lowest BCUT2D eigenvalue weighted by atomic mass is 9.98. The van der Waals surface area contributed by atoms with Gasteiger partial charge in [0.05, 0.1) is 10.6 Å². The van der Waals surface area contributed by atoms with Crippen LogP contribution in [0.2, 0.25) is 5.02 Å². The molecule has 1 aromatic heterocycles. The maximum Gasteiger partial charge on any atom is 0.257 e. The molecule has 1 heterocycles. The lowest BCUT2D eigenvalue weighted by Gasteiger charge is -2.08. The summed E-state index contributed by atoms with van der Waals surface area (Å²) >= 11 is 9.54. The van der Waals surface area contributed by atoms with E-state index in [1.165, 1.54) is 5.56 Å². The van der Waals surface area contributed by atoms with Crippen LogP contribution in [0.25, 0.3) is 22.6 Å². The largest absolute Gasteiger partial charge is 0.436 e. The number of aromatic nitrogens is 1. The maximum atomic E-state index is 12.7. The van der Waals surface area contributed by atoms with E-state index in [4.69, 9.17) is 16.0 Å². The number of carbonyl (C=O) groups is 1. The zero-order valence-corrected chi connectivity index (χ0v) is 18.9. The average Bonchev–Trinajstić information content (AvgIpc) is 3.18. The zero-order valence-electron chi connectivity index (χ0n) is 16.6. The molecule has 4 nitrogen and oxygen atoms in total. The normalized spacial score (nSPS) is 12.1. The van der Waals surface area contributed by atoms with Crippen LogP contribution in [0.5, 0.6) is 0 Å². The summed E-state index contributed by atoms with van der Waals surface area (Å²) in [5, 5.41) is 3.28.